The number of nitrogens with zero attached hydrogens (tertiary/aromatic N) is 1. The Morgan fingerprint density at radius 2 is 2.32 bits per heavy atom. The fourth-order valence-electron chi connectivity index (χ4n) is 2.25. The summed E-state index contributed by atoms with van der Waals surface area (Å²) < 4.78 is 27.5. The highest BCUT2D eigenvalue weighted by molar-refractivity contribution is 7.91. The minimum absolute atomic E-state index is 0.00382. The van der Waals surface area contributed by atoms with Crippen LogP contribution < -0.4 is 4.72 Å². The molecular weight excluding hydrogens is 284 g/mol. The molecule has 1 saturated heterocycles. The van der Waals surface area contributed by atoms with E-state index in [2.05, 4.69) is 23.6 Å². The molecule has 0 radical (unpaired) electrons. The summed E-state index contributed by atoms with van der Waals surface area (Å²) in [7, 11) is -1.39. The number of aliphatic hydroxyl groups excluding tert-OH is 1. The first-order valence-electron chi connectivity index (χ1n) is 6.33. The van der Waals surface area contributed by atoms with Crippen LogP contribution >= 0.6 is 11.3 Å². The van der Waals surface area contributed by atoms with Gasteiger partial charge in [0.25, 0.3) is 0 Å². The Morgan fingerprint density at radius 3 is 2.89 bits per heavy atom. The largest absolute Gasteiger partial charge is 0.392 e. The van der Waals surface area contributed by atoms with E-state index in [1.165, 1.54) is 6.07 Å². The third-order valence-corrected chi connectivity index (χ3v) is 6.62. The summed E-state index contributed by atoms with van der Waals surface area (Å²) in [6, 6.07) is 1.92. The topological polar surface area (TPSA) is 69.6 Å². The molecule has 2 unspecified atom stereocenters. The van der Waals surface area contributed by atoms with E-state index in [0.29, 0.717) is 11.6 Å². The van der Waals surface area contributed by atoms with Crippen LogP contribution in [-0.2, 0) is 16.6 Å². The molecular formula is C12H20N2O3S2. The molecule has 5 nitrogen and oxygen atoms in total. The first kappa shape index (κ1) is 14.9. The number of thiophene rings is 1. The minimum Gasteiger partial charge on any atom is -0.392 e. The average Bonchev–Trinajstić information content (AvgIpc) is 2.83. The van der Waals surface area contributed by atoms with Crippen molar-refractivity contribution in [3.63, 3.8) is 0 Å². The monoisotopic (exact) mass is 304 g/mol. The third kappa shape index (κ3) is 3.55. The minimum atomic E-state index is -3.45. The lowest BCUT2D eigenvalue weighted by Gasteiger charge is -2.35. The number of likely N-dealkylation sites (tertiary alicyclic amines) is 1. The zero-order chi connectivity index (χ0) is 14.0. The van der Waals surface area contributed by atoms with Gasteiger partial charge in [-0.3, -0.25) is 0 Å². The maximum atomic E-state index is 12.2. The molecule has 7 heteroatoms. The molecule has 1 aliphatic rings. The summed E-state index contributed by atoms with van der Waals surface area (Å²) in [6.07, 6.45) is 1.66. The Labute approximate surface area is 118 Å². The maximum Gasteiger partial charge on any atom is 0.250 e. The molecule has 2 N–H and O–H groups in total. The molecule has 2 rings (SSSR count). The molecule has 108 valence electrons. The van der Waals surface area contributed by atoms with Crippen molar-refractivity contribution in [2.45, 2.75) is 42.7 Å². The number of nitrogens with one attached hydrogen (secondary N) is 1. The number of aliphatic hydroxyl groups is 1. The van der Waals surface area contributed by atoms with E-state index in [4.69, 9.17) is 5.11 Å². The van der Waals surface area contributed by atoms with Gasteiger partial charge >= 0.3 is 0 Å². The van der Waals surface area contributed by atoms with Crippen LogP contribution in [0.4, 0.5) is 0 Å². The van der Waals surface area contributed by atoms with Crippen molar-refractivity contribution in [1.82, 2.24) is 9.62 Å². The highest BCUT2D eigenvalue weighted by Crippen LogP contribution is 2.22. The van der Waals surface area contributed by atoms with Crippen molar-refractivity contribution >= 4 is 21.4 Å². The summed E-state index contributed by atoms with van der Waals surface area (Å²) in [5, 5.41) is 10.7. The lowest BCUT2D eigenvalue weighted by molar-refractivity contribution is 0.178. The summed E-state index contributed by atoms with van der Waals surface area (Å²) in [5.74, 6) is 0. The van der Waals surface area contributed by atoms with Crippen LogP contribution in [0, 0.1) is 0 Å². The Balaban J connectivity index is 2.05. The van der Waals surface area contributed by atoms with Gasteiger partial charge in [-0.2, -0.15) is 0 Å². The fourth-order valence-corrected chi connectivity index (χ4v) is 4.75. The molecule has 0 aliphatic carbocycles. The molecule has 1 aromatic rings. The van der Waals surface area contributed by atoms with Gasteiger partial charge in [0.1, 0.15) is 4.21 Å². The van der Waals surface area contributed by atoms with E-state index in [1.807, 2.05) is 0 Å². The number of rotatable bonds is 4. The lowest BCUT2D eigenvalue weighted by atomic mass is 10.0. The normalized spacial score (nSPS) is 25.6. The lowest BCUT2D eigenvalue weighted by Crippen LogP contribution is -2.47. The van der Waals surface area contributed by atoms with E-state index in [9.17, 15) is 8.42 Å². The van der Waals surface area contributed by atoms with Gasteiger partial charge in [0.2, 0.25) is 10.0 Å². The summed E-state index contributed by atoms with van der Waals surface area (Å²) in [4.78, 5) is 2.24. The SMILES string of the molecule is CC1CC(NS(=O)(=O)c2cc(CO)cs2)CCN1C. The zero-order valence-electron chi connectivity index (χ0n) is 11.2. The number of sulfonamides is 1. The number of hydrogen-bond donors (Lipinski definition) is 2. The molecule has 0 spiro atoms. The number of piperidine rings is 1. The van der Waals surface area contributed by atoms with Crippen LogP contribution in [-0.4, -0.2) is 44.1 Å². The Kier molecular flexibility index (Phi) is 4.62. The molecule has 1 aliphatic heterocycles. The van der Waals surface area contributed by atoms with Gasteiger partial charge in [0, 0.05) is 12.1 Å². The highest BCUT2D eigenvalue weighted by atomic mass is 32.2. The summed E-state index contributed by atoms with van der Waals surface area (Å²) >= 11 is 1.15. The molecule has 2 heterocycles. The van der Waals surface area contributed by atoms with E-state index in [0.717, 1.165) is 30.7 Å². The Hall–Kier alpha value is -0.470. The second-order valence-corrected chi connectivity index (χ2v) is 7.96. The van der Waals surface area contributed by atoms with Gasteiger partial charge < -0.3 is 10.0 Å². The van der Waals surface area contributed by atoms with Crippen molar-refractivity contribution in [1.29, 1.82) is 0 Å². The van der Waals surface area contributed by atoms with Crippen molar-refractivity contribution in [2.75, 3.05) is 13.6 Å². The summed E-state index contributed by atoms with van der Waals surface area (Å²) in [5.41, 5.74) is 0.641. The van der Waals surface area contributed by atoms with Gasteiger partial charge in [-0.1, -0.05) is 0 Å². The van der Waals surface area contributed by atoms with Gasteiger partial charge in [-0.05, 0) is 50.4 Å². The smallest absolute Gasteiger partial charge is 0.250 e. The molecule has 19 heavy (non-hydrogen) atoms. The van der Waals surface area contributed by atoms with Gasteiger partial charge in [-0.15, -0.1) is 11.3 Å². The summed E-state index contributed by atoms with van der Waals surface area (Å²) in [6.45, 7) is 2.88. The maximum absolute atomic E-state index is 12.2. The zero-order valence-corrected chi connectivity index (χ0v) is 12.8. The van der Waals surface area contributed by atoms with Crippen molar-refractivity contribution in [3.8, 4) is 0 Å². The van der Waals surface area contributed by atoms with Crippen LogP contribution in [0.3, 0.4) is 0 Å². The van der Waals surface area contributed by atoms with Gasteiger partial charge in [-0.25, -0.2) is 13.1 Å². The second kappa shape index (κ2) is 5.88. The van der Waals surface area contributed by atoms with Crippen LogP contribution in [0.2, 0.25) is 0 Å². The fraction of sp³-hybridized carbons (Fsp3) is 0.667. The predicted octanol–water partition coefficient (Wildman–Crippen LogP) is 1.00. The van der Waals surface area contributed by atoms with Gasteiger partial charge in [0.15, 0.2) is 0 Å². The van der Waals surface area contributed by atoms with Crippen LogP contribution in [0.15, 0.2) is 15.7 Å². The Morgan fingerprint density at radius 1 is 1.58 bits per heavy atom. The average molecular weight is 304 g/mol. The second-order valence-electron chi connectivity index (χ2n) is 5.10. The highest BCUT2D eigenvalue weighted by Gasteiger charge is 2.27. The molecule has 0 amide bonds. The number of hydrogen-bond acceptors (Lipinski definition) is 5. The molecule has 0 bridgehead atoms. The quantitative estimate of drug-likeness (QED) is 0.871. The molecule has 0 aromatic carbocycles. The molecule has 1 fully saturated rings. The first-order valence-corrected chi connectivity index (χ1v) is 8.69. The van der Waals surface area contributed by atoms with Crippen molar-refractivity contribution < 1.29 is 13.5 Å². The van der Waals surface area contributed by atoms with Crippen molar-refractivity contribution in [3.05, 3.63) is 17.0 Å². The van der Waals surface area contributed by atoms with E-state index in [-0.39, 0.29) is 16.9 Å². The van der Waals surface area contributed by atoms with Crippen LogP contribution in [0.1, 0.15) is 25.3 Å². The van der Waals surface area contributed by atoms with Gasteiger partial charge in [0.05, 0.1) is 6.61 Å². The Bertz CT molecular complexity index is 527. The van der Waals surface area contributed by atoms with E-state index < -0.39 is 10.0 Å². The van der Waals surface area contributed by atoms with Crippen LogP contribution in [0.25, 0.3) is 0 Å². The molecule has 1 aromatic heterocycles. The molecule has 0 saturated carbocycles. The first-order chi connectivity index (χ1) is 8.92. The third-order valence-electron chi connectivity index (χ3n) is 3.61. The van der Waals surface area contributed by atoms with Crippen molar-refractivity contribution in [2.24, 2.45) is 0 Å². The predicted molar refractivity (Wildman–Crippen MR) is 75.7 cm³/mol. The van der Waals surface area contributed by atoms with Crippen LogP contribution in [0.5, 0.6) is 0 Å². The van der Waals surface area contributed by atoms with E-state index >= 15 is 0 Å². The van der Waals surface area contributed by atoms with E-state index in [1.54, 1.807) is 5.38 Å². The standard InChI is InChI=1S/C12H20N2O3S2/c1-9-5-11(3-4-14(9)2)13-19(16,17)12-6-10(7-15)8-18-12/h6,8-9,11,13,15H,3-5,7H2,1-2H3. The molecule has 2 atom stereocenters.